The fraction of sp³-hybridized carbons (Fsp3) is 0.185. The maximum atomic E-state index is 14.8. The van der Waals surface area contributed by atoms with Crippen molar-refractivity contribution in [2.75, 3.05) is 6.54 Å². The van der Waals surface area contributed by atoms with Gasteiger partial charge in [-0.05, 0) is 41.8 Å². The molecule has 1 saturated heterocycles. The van der Waals surface area contributed by atoms with E-state index in [9.17, 15) is 4.57 Å². The summed E-state index contributed by atoms with van der Waals surface area (Å²) >= 11 is 0. The summed E-state index contributed by atoms with van der Waals surface area (Å²) in [6.45, 7) is 1.82. The molecule has 0 bridgehead atoms. The van der Waals surface area contributed by atoms with E-state index in [0.29, 0.717) is 0 Å². The molecule has 150 valence electrons. The van der Waals surface area contributed by atoms with Crippen molar-refractivity contribution in [2.45, 2.75) is 25.2 Å². The van der Waals surface area contributed by atoms with E-state index in [1.54, 1.807) is 0 Å². The van der Waals surface area contributed by atoms with Crippen LogP contribution in [0.25, 0.3) is 10.8 Å². The summed E-state index contributed by atoms with van der Waals surface area (Å²) in [6.07, 6.45) is 2.05. The number of nitrogens with zero attached hydrogens (tertiary/aromatic N) is 1. The van der Waals surface area contributed by atoms with Crippen LogP contribution in [0.1, 0.15) is 18.4 Å². The van der Waals surface area contributed by atoms with Crippen LogP contribution in [0.15, 0.2) is 103 Å². The number of rotatable bonds is 5. The Morgan fingerprint density at radius 3 is 2.00 bits per heavy atom. The van der Waals surface area contributed by atoms with Crippen LogP contribution in [0, 0.1) is 0 Å². The third-order valence-electron chi connectivity index (χ3n) is 6.23. The molecule has 4 aromatic carbocycles. The normalized spacial score (nSPS) is 17.4. The van der Waals surface area contributed by atoms with Crippen molar-refractivity contribution < 1.29 is 4.57 Å². The van der Waals surface area contributed by atoms with Gasteiger partial charge in [0.25, 0.3) is 0 Å². The van der Waals surface area contributed by atoms with Crippen LogP contribution in [0.5, 0.6) is 0 Å². The zero-order valence-electron chi connectivity index (χ0n) is 17.0. The molecule has 1 unspecified atom stereocenters. The first-order chi connectivity index (χ1) is 14.7. The predicted octanol–water partition coefficient (Wildman–Crippen LogP) is 5.78. The fourth-order valence-electron chi connectivity index (χ4n) is 4.77. The molecular weight excluding hydrogens is 385 g/mol. The minimum Gasteiger partial charge on any atom is -0.312 e. The average molecular weight is 411 g/mol. The van der Waals surface area contributed by atoms with Crippen LogP contribution in [-0.2, 0) is 11.1 Å². The first kappa shape index (κ1) is 19.3. The van der Waals surface area contributed by atoms with E-state index in [2.05, 4.69) is 47.4 Å². The van der Waals surface area contributed by atoms with E-state index in [1.807, 2.05) is 60.7 Å². The van der Waals surface area contributed by atoms with Crippen LogP contribution < -0.4 is 10.6 Å². The zero-order valence-corrected chi connectivity index (χ0v) is 17.9. The highest BCUT2D eigenvalue weighted by molar-refractivity contribution is 7.79. The van der Waals surface area contributed by atoms with Gasteiger partial charge in [-0.2, -0.15) is 0 Å². The van der Waals surface area contributed by atoms with Gasteiger partial charge in [0.1, 0.15) is 0 Å². The van der Waals surface area contributed by atoms with E-state index in [0.717, 1.165) is 36.5 Å². The third kappa shape index (κ3) is 3.51. The van der Waals surface area contributed by atoms with Crippen molar-refractivity contribution in [1.29, 1.82) is 0 Å². The smallest absolute Gasteiger partial charge is 0.159 e. The number of benzene rings is 4. The van der Waals surface area contributed by atoms with Gasteiger partial charge >= 0.3 is 0 Å². The summed E-state index contributed by atoms with van der Waals surface area (Å²) < 4.78 is 14.8. The second-order valence-electron chi connectivity index (χ2n) is 8.10. The minimum atomic E-state index is -2.79. The lowest BCUT2D eigenvalue weighted by Gasteiger charge is -2.33. The molecule has 4 aromatic rings. The molecule has 5 rings (SSSR count). The zero-order chi connectivity index (χ0) is 20.4. The summed E-state index contributed by atoms with van der Waals surface area (Å²) in [5, 5.41) is 4.46. The Morgan fingerprint density at radius 2 is 1.33 bits per heavy atom. The molecule has 0 spiro atoms. The number of fused-ring (bicyclic) bond motifs is 1. The standard InChI is InChI=1S/C27H26NOP/c29-30(25-12-3-1-4-13-25,26-14-5-2-6-15-26)27-16-9-19-28(27)21-22-17-18-23-10-7-8-11-24(23)20-22/h1-8,10-15,17-18,20,27H,9,16,19,21H2. The molecule has 0 aromatic heterocycles. The van der Waals surface area contributed by atoms with E-state index in [-0.39, 0.29) is 5.78 Å². The lowest BCUT2D eigenvalue weighted by atomic mass is 10.1. The highest BCUT2D eigenvalue weighted by Crippen LogP contribution is 2.53. The van der Waals surface area contributed by atoms with Gasteiger partial charge in [-0.15, -0.1) is 0 Å². The summed E-state index contributed by atoms with van der Waals surface area (Å²) in [6, 6.07) is 35.4. The quantitative estimate of drug-likeness (QED) is 0.388. The molecule has 30 heavy (non-hydrogen) atoms. The highest BCUT2D eigenvalue weighted by atomic mass is 31.2. The second kappa shape index (κ2) is 8.22. The van der Waals surface area contributed by atoms with Crippen molar-refractivity contribution in [3.8, 4) is 0 Å². The third-order valence-corrected chi connectivity index (χ3v) is 9.78. The van der Waals surface area contributed by atoms with Crippen molar-refractivity contribution >= 4 is 28.5 Å². The van der Waals surface area contributed by atoms with Gasteiger partial charge < -0.3 is 4.57 Å². The van der Waals surface area contributed by atoms with E-state index >= 15 is 0 Å². The van der Waals surface area contributed by atoms with Crippen LogP contribution in [-0.4, -0.2) is 17.2 Å². The fourth-order valence-corrected chi connectivity index (χ4v) is 8.19. The van der Waals surface area contributed by atoms with Crippen LogP contribution in [0.3, 0.4) is 0 Å². The van der Waals surface area contributed by atoms with Crippen molar-refractivity contribution in [1.82, 2.24) is 4.90 Å². The van der Waals surface area contributed by atoms with Gasteiger partial charge in [-0.3, -0.25) is 4.90 Å². The van der Waals surface area contributed by atoms with Gasteiger partial charge in [0.2, 0.25) is 0 Å². The lowest BCUT2D eigenvalue weighted by molar-refractivity contribution is 0.300. The van der Waals surface area contributed by atoms with E-state index in [1.165, 1.54) is 16.3 Å². The lowest BCUT2D eigenvalue weighted by Crippen LogP contribution is -2.35. The van der Waals surface area contributed by atoms with Gasteiger partial charge in [-0.25, -0.2) is 0 Å². The van der Waals surface area contributed by atoms with Gasteiger partial charge in [0.15, 0.2) is 7.14 Å². The Bertz CT molecular complexity index is 1150. The number of hydrogen-bond acceptors (Lipinski definition) is 2. The monoisotopic (exact) mass is 411 g/mol. The molecule has 0 amide bonds. The maximum Gasteiger partial charge on any atom is 0.159 e. The molecule has 1 fully saturated rings. The first-order valence-corrected chi connectivity index (χ1v) is 12.5. The summed E-state index contributed by atoms with van der Waals surface area (Å²) in [4.78, 5) is 2.45. The second-order valence-corrected chi connectivity index (χ2v) is 11.0. The molecule has 1 atom stereocenters. The summed E-state index contributed by atoms with van der Waals surface area (Å²) in [7, 11) is -2.79. The average Bonchev–Trinajstić information content (AvgIpc) is 3.28. The van der Waals surface area contributed by atoms with Crippen LogP contribution >= 0.6 is 7.14 Å². The van der Waals surface area contributed by atoms with Gasteiger partial charge in [0.05, 0.1) is 5.78 Å². The molecule has 0 saturated carbocycles. The SMILES string of the molecule is O=P(c1ccccc1)(c1ccccc1)C1CCCN1Cc1ccc2ccccc2c1. The van der Waals surface area contributed by atoms with Crippen molar-refractivity contribution in [3.63, 3.8) is 0 Å². The topological polar surface area (TPSA) is 20.3 Å². The summed E-state index contributed by atoms with van der Waals surface area (Å²) in [5.41, 5.74) is 1.29. The summed E-state index contributed by atoms with van der Waals surface area (Å²) in [5.74, 6) is 0.0359. The predicted molar refractivity (Wildman–Crippen MR) is 127 cm³/mol. The molecule has 0 radical (unpaired) electrons. The Morgan fingerprint density at radius 1 is 0.733 bits per heavy atom. The van der Waals surface area contributed by atoms with Crippen molar-refractivity contribution in [2.24, 2.45) is 0 Å². The Labute approximate surface area is 178 Å². The molecule has 2 nitrogen and oxygen atoms in total. The largest absolute Gasteiger partial charge is 0.312 e. The molecule has 3 heteroatoms. The van der Waals surface area contributed by atoms with Gasteiger partial charge in [0, 0.05) is 17.2 Å². The van der Waals surface area contributed by atoms with E-state index < -0.39 is 7.14 Å². The van der Waals surface area contributed by atoms with E-state index in [4.69, 9.17) is 0 Å². The number of hydrogen-bond donors (Lipinski definition) is 0. The first-order valence-electron chi connectivity index (χ1n) is 10.7. The minimum absolute atomic E-state index is 0.0359. The highest BCUT2D eigenvalue weighted by Gasteiger charge is 2.42. The molecule has 1 aliphatic rings. The molecule has 0 aliphatic carbocycles. The Balaban J connectivity index is 1.53. The number of likely N-dealkylation sites (tertiary alicyclic amines) is 1. The Hall–Kier alpha value is -2.67. The van der Waals surface area contributed by atoms with Crippen LogP contribution in [0.2, 0.25) is 0 Å². The van der Waals surface area contributed by atoms with Crippen LogP contribution in [0.4, 0.5) is 0 Å². The van der Waals surface area contributed by atoms with Gasteiger partial charge in [-0.1, -0.05) is 97.1 Å². The molecule has 0 N–H and O–H groups in total. The Kier molecular flexibility index (Phi) is 5.29. The molecular formula is C27H26NOP. The maximum absolute atomic E-state index is 14.8. The molecule has 1 heterocycles. The molecule has 1 aliphatic heterocycles. The van der Waals surface area contributed by atoms with Crippen molar-refractivity contribution in [3.05, 3.63) is 109 Å².